The SMILES string of the molecule is COc1ccncc1C(=O)[C@H]1COCCN1.Cl. The maximum Gasteiger partial charge on any atom is 0.187 e. The van der Waals surface area contributed by atoms with E-state index in [4.69, 9.17) is 9.47 Å². The van der Waals surface area contributed by atoms with Crippen LogP contribution >= 0.6 is 12.4 Å². The molecule has 2 rings (SSSR count). The van der Waals surface area contributed by atoms with E-state index in [0.717, 1.165) is 0 Å². The summed E-state index contributed by atoms with van der Waals surface area (Å²) in [7, 11) is 1.54. The zero-order chi connectivity index (χ0) is 11.4. The van der Waals surface area contributed by atoms with Crippen LogP contribution < -0.4 is 10.1 Å². The first-order valence-electron chi connectivity index (χ1n) is 5.16. The van der Waals surface area contributed by atoms with E-state index in [-0.39, 0.29) is 24.2 Å². The van der Waals surface area contributed by atoms with E-state index in [1.54, 1.807) is 12.3 Å². The molecule has 0 amide bonds. The van der Waals surface area contributed by atoms with Crippen molar-refractivity contribution in [1.82, 2.24) is 10.3 Å². The lowest BCUT2D eigenvalue weighted by Crippen LogP contribution is -2.46. The van der Waals surface area contributed by atoms with Crippen molar-refractivity contribution in [1.29, 1.82) is 0 Å². The Morgan fingerprint density at radius 1 is 1.65 bits per heavy atom. The van der Waals surface area contributed by atoms with Gasteiger partial charge in [0.2, 0.25) is 0 Å². The Hall–Kier alpha value is -1.17. The lowest BCUT2D eigenvalue weighted by molar-refractivity contribution is 0.0605. The summed E-state index contributed by atoms with van der Waals surface area (Å²) in [6, 6.07) is 1.38. The molecule has 0 saturated carbocycles. The van der Waals surface area contributed by atoms with Crippen molar-refractivity contribution in [2.75, 3.05) is 26.9 Å². The summed E-state index contributed by atoms with van der Waals surface area (Å²) >= 11 is 0. The van der Waals surface area contributed by atoms with Gasteiger partial charge in [0.1, 0.15) is 5.75 Å². The lowest BCUT2D eigenvalue weighted by Gasteiger charge is -2.23. The van der Waals surface area contributed by atoms with Crippen molar-refractivity contribution >= 4 is 18.2 Å². The highest BCUT2D eigenvalue weighted by molar-refractivity contribution is 6.02. The lowest BCUT2D eigenvalue weighted by atomic mass is 10.1. The monoisotopic (exact) mass is 258 g/mol. The maximum absolute atomic E-state index is 12.1. The summed E-state index contributed by atoms with van der Waals surface area (Å²) in [6.45, 7) is 1.74. The first-order chi connectivity index (χ1) is 7.83. The third-order valence-electron chi connectivity index (χ3n) is 2.50. The molecule has 1 aliphatic rings. The molecule has 0 aromatic carbocycles. The van der Waals surface area contributed by atoms with Crippen LogP contribution in [-0.4, -0.2) is 43.7 Å². The quantitative estimate of drug-likeness (QED) is 0.808. The third-order valence-corrected chi connectivity index (χ3v) is 2.50. The molecule has 0 unspecified atom stereocenters. The molecule has 1 aromatic heterocycles. The average molecular weight is 259 g/mol. The highest BCUT2D eigenvalue weighted by Gasteiger charge is 2.24. The van der Waals surface area contributed by atoms with Gasteiger partial charge in [0.15, 0.2) is 5.78 Å². The van der Waals surface area contributed by atoms with Gasteiger partial charge in [-0.3, -0.25) is 9.78 Å². The van der Waals surface area contributed by atoms with Gasteiger partial charge in [0.05, 0.1) is 31.9 Å². The number of hydrogen-bond acceptors (Lipinski definition) is 5. The molecule has 17 heavy (non-hydrogen) atoms. The van der Waals surface area contributed by atoms with E-state index >= 15 is 0 Å². The van der Waals surface area contributed by atoms with Crippen LogP contribution in [0.5, 0.6) is 5.75 Å². The van der Waals surface area contributed by atoms with Crippen LogP contribution in [-0.2, 0) is 4.74 Å². The van der Waals surface area contributed by atoms with E-state index in [2.05, 4.69) is 10.3 Å². The van der Waals surface area contributed by atoms with Crippen LogP contribution in [0.2, 0.25) is 0 Å². The second kappa shape index (κ2) is 6.54. The first-order valence-corrected chi connectivity index (χ1v) is 5.16. The number of carbonyl (C=O) groups excluding carboxylic acids is 1. The Morgan fingerprint density at radius 3 is 3.12 bits per heavy atom. The molecule has 1 saturated heterocycles. The summed E-state index contributed by atoms with van der Waals surface area (Å²) in [5, 5.41) is 3.11. The minimum absolute atomic E-state index is 0. The van der Waals surface area contributed by atoms with Crippen LogP contribution in [0.3, 0.4) is 0 Å². The summed E-state index contributed by atoms with van der Waals surface area (Å²) in [5.41, 5.74) is 0.494. The molecule has 6 heteroatoms. The van der Waals surface area contributed by atoms with Gasteiger partial charge in [-0.25, -0.2) is 0 Å². The maximum atomic E-state index is 12.1. The van der Waals surface area contributed by atoms with Gasteiger partial charge in [-0.05, 0) is 6.07 Å². The Morgan fingerprint density at radius 2 is 2.47 bits per heavy atom. The number of Topliss-reactive ketones (excluding diaryl/α,β-unsaturated/α-hetero) is 1. The highest BCUT2D eigenvalue weighted by Crippen LogP contribution is 2.18. The molecule has 0 aliphatic carbocycles. The molecule has 0 radical (unpaired) electrons. The predicted molar refractivity (Wildman–Crippen MR) is 65.0 cm³/mol. The number of ketones is 1. The van der Waals surface area contributed by atoms with Gasteiger partial charge in [0.25, 0.3) is 0 Å². The first kappa shape index (κ1) is 13.9. The number of pyridine rings is 1. The van der Waals surface area contributed by atoms with Crippen molar-refractivity contribution in [3.63, 3.8) is 0 Å². The van der Waals surface area contributed by atoms with Crippen molar-refractivity contribution in [3.05, 3.63) is 24.0 Å². The van der Waals surface area contributed by atoms with Gasteiger partial charge in [0, 0.05) is 18.9 Å². The molecule has 1 fully saturated rings. The Bertz CT molecular complexity index is 381. The number of nitrogens with zero attached hydrogens (tertiary/aromatic N) is 1. The Balaban J connectivity index is 0.00000144. The minimum Gasteiger partial charge on any atom is -0.496 e. The number of ether oxygens (including phenoxy) is 2. The molecule has 1 aliphatic heterocycles. The van der Waals surface area contributed by atoms with Gasteiger partial charge >= 0.3 is 0 Å². The molecule has 0 spiro atoms. The zero-order valence-corrected chi connectivity index (χ0v) is 10.3. The number of rotatable bonds is 3. The Kier molecular flexibility index (Phi) is 5.34. The molecule has 94 valence electrons. The van der Waals surface area contributed by atoms with E-state index < -0.39 is 0 Å². The zero-order valence-electron chi connectivity index (χ0n) is 9.51. The van der Waals surface area contributed by atoms with Crippen molar-refractivity contribution in [2.45, 2.75) is 6.04 Å². The topological polar surface area (TPSA) is 60.5 Å². The van der Waals surface area contributed by atoms with Crippen LogP contribution in [0.25, 0.3) is 0 Å². The van der Waals surface area contributed by atoms with Crippen LogP contribution in [0.15, 0.2) is 18.5 Å². The smallest absolute Gasteiger partial charge is 0.187 e. The van der Waals surface area contributed by atoms with E-state index in [0.29, 0.717) is 31.1 Å². The van der Waals surface area contributed by atoms with Crippen molar-refractivity contribution in [2.24, 2.45) is 0 Å². The largest absolute Gasteiger partial charge is 0.496 e. The number of aromatic nitrogens is 1. The molecule has 1 atom stereocenters. The second-order valence-corrected chi connectivity index (χ2v) is 3.52. The highest BCUT2D eigenvalue weighted by atomic mass is 35.5. The number of halogens is 1. The fourth-order valence-corrected chi connectivity index (χ4v) is 1.67. The minimum atomic E-state index is -0.299. The summed E-state index contributed by atoms with van der Waals surface area (Å²) in [5.74, 6) is 0.511. The normalized spacial score (nSPS) is 19.2. The van der Waals surface area contributed by atoms with Crippen LogP contribution in [0.1, 0.15) is 10.4 Å². The predicted octanol–water partition coefficient (Wildman–Crippen LogP) is 0.683. The van der Waals surface area contributed by atoms with Crippen molar-refractivity contribution < 1.29 is 14.3 Å². The number of hydrogen-bond donors (Lipinski definition) is 1. The summed E-state index contributed by atoms with van der Waals surface area (Å²) in [4.78, 5) is 16.1. The molecule has 1 N–H and O–H groups in total. The van der Waals surface area contributed by atoms with Gasteiger partial charge in [-0.1, -0.05) is 0 Å². The van der Waals surface area contributed by atoms with Crippen molar-refractivity contribution in [3.8, 4) is 5.75 Å². The van der Waals surface area contributed by atoms with E-state index in [1.165, 1.54) is 13.3 Å². The molecule has 2 heterocycles. The van der Waals surface area contributed by atoms with Crippen LogP contribution in [0.4, 0.5) is 0 Å². The second-order valence-electron chi connectivity index (χ2n) is 3.52. The Labute approximate surface area is 106 Å². The number of methoxy groups -OCH3 is 1. The summed E-state index contributed by atoms with van der Waals surface area (Å²) < 4.78 is 10.4. The standard InChI is InChI=1S/C11H14N2O3.ClH/c1-15-10-2-3-12-6-8(10)11(14)9-7-16-5-4-13-9;/h2-3,6,9,13H,4-5,7H2,1H3;1H/t9-;/m1./s1. The number of nitrogens with one attached hydrogen (secondary N) is 1. The van der Waals surface area contributed by atoms with E-state index in [1.807, 2.05) is 0 Å². The molecular formula is C11H15ClN2O3. The molecule has 5 nitrogen and oxygen atoms in total. The van der Waals surface area contributed by atoms with Crippen LogP contribution in [0, 0.1) is 0 Å². The molecule has 1 aromatic rings. The average Bonchev–Trinajstić information content (AvgIpc) is 2.39. The fourth-order valence-electron chi connectivity index (χ4n) is 1.67. The number of carbonyl (C=O) groups is 1. The summed E-state index contributed by atoms with van der Waals surface area (Å²) in [6.07, 6.45) is 3.12. The molecule has 0 bridgehead atoms. The van der Waals surface area contributed by atoms with Gasteiger partial charge in [-0.15, -0.1) is 12.4 Å². The third kappa shape index (κ3) is 3.15. The van der Waals surface area contributed by atoms with E-state index in [9.17, 15) is 4.79 Å². The molecular weight excluding hydrogens is 244 g/mol. The van der Waals surface area contributed by atoms with Gasteiger partial charge < -0.3 is 14.8 Å². The van der Waals surface area contributed by atoms with Gasteiger partial charge in [-0.2, -0.15) is 0 Å². The number of morpholine rings is 1. The fraction of sp³-hybridized carbons (Fsp3) is 0.455.